The Balaban J connectivity index is 2.13. The van der Waals surface area contributed by atoms with Crippen LogP contribution in [0, 0.1) is 6.92 Å². The minimum atomic E-state index is -0.531. The van der Waals surface area contributed by atoms with Gasteiger partial charge in [0, 0.05) is 20.0 Å². The monoisotopic (exact) mass is 307 g/mol. The second kappa shape index (κ2) is 9.65. The molecule has 0 saturated heterocycles. The summed E-state index contributed by atoms with van der Waals surface area (Å²) in [7, 11) is 1.77. The highest BCUT2D eigenvalue weighted by Crippen LogP contribution is 2.11. The topological polar surface area (TPSA) is 84.7 Å². The molecular weight excluding hydrogens is 282 g/mol. The number of carbonyl (C=O) groups excluding carboxylic acids is 2. The van der Waals surface area contributed by atoms with Gasteiger partial charge in [0.1, 0.15) is 12.4 Å². The molecular formula is C16H25N3O3. The molecule has 0 unspecified atom stereocenters. The lowest BCUT2D eigenvalue weighted by Gasteiger charge is -2.17. The fourth-order valence-electron chi connectivity index (χ4n) is 1.86. The first-order chi connectivity index (χ1) is 10.5. The Labute approximate surface area is 131 Å². The number of hydrogen-bond acceptors (Lipinski definition) is 3. The number of likely N-dealkylation sites (N-methyl/N-ethyl adjacent to an activating group) is 1. The molecule has 0 aromatic heterocycles. The molecule has 0 aliphatic rings. The Morgan fingerprint density at radius 2 is 1.91 bits per heavy atom. The zero-order chi connectivity index (χ0) is 16.4. The highest BCUT2D eigenvalue weighted by Gasteiger charge is 2.08. The molecule has 0 atom stereocenters. The van der Waals surface area contributed by atoms with Crippen molar-refractivity contribution in [1.29, 1.82) is 0 Å². The van der Waals surface area contributed by atoms with Crippen molar-refractivity contribution >= 4 is 11.9 Å². The summed E-state index contributed by atoms with van der Waals surface area (Å²) in [5.74, 6) is 0.885. The Morgan fingerprint density at radius 3 is 2.55 bits per heavy atom. The SMILES string of the molecule is Cc1ccc(OCCN(C)C(=O)CCCCNC(N)=O)cc1. The molecule has 122 valence electrons. The average molecular weight is 307 g/mol. The van der Waals surface area contributed by atoms with E-state index >= 15 is 0 Å². The van der Waals surface area contributed by atoms with E-state index in [1.165, 1.54) is 5.56 Å². The summed E-state index contributed by atoms with van der Waals surface area (Å²) in [5.41, 5.74) is 6.14. The number of nitrogens with one attached hydrogen (secondary N) is 1. The van der Waals surface area contributed by atoms with Gasteiger partial charge in [0.05, 0.1) is 6.54 Å². The molecule has 0 heterocycles. The van der Waals surface area contributed by atoms with Gasteiger partial charge < -0.3 is 20.7 Å². The number of primary amides is 1. The van der Waals surface area contributed by atoms with Gasteiger partial charge >= 0.3 is 6.03 Å². The molecule has 22 heavy (non-hydrogen) atoms. The van der Waals surface area contributed by atoms with Crippen molar-refractivity contribution in [3.8, 4) is 5.75 Å². The van der Waals surface area contributed by atoms with Crippen LogP contribution in [0.5, 0.6) is 5.75 Å². The Bertz CT molecular complexity index is 474. The van der Waals surface area contributed by atoms with Crippen LogP contribution in [-0.4, -0.2) is 43.6 Å². The summed E-state index contributed by atoms with van der Waals surface area (Å²) >= 11 is 0. The number of ether oxygens (including phenoxy) is 1. The third kappa shape index (κ3) is 7.52. The van der Waals surface area contributed by atoms with E-state index in [0.717, 1.165) is 18.6 Å². The van der Waals surface area contributed by atoms with Crippen LogP contribution in [0.2, 0.25) is 0 Å². The number of nitrogens with zero attached hydrogens (tertiary/aromatic N) is 1. The van der Waals surface area contributed by atoms with Crippen LogP contribution in [0.25, 0.3) is 0 Å². The molecule has 0 fully saturated rings. The van der Waals surface area contributed by atoms with E-state index < -0.39 is 6.03 Å². The predicted molar refractivity (Wildman–Crippen MR) is 85.7 cm³/mol. The van der Waals surface area contributed by atoms with Crippen LogP contribution in [0.3, 0.4) is 0 Å². The van der Waals surface area contributed by atoms with Crippen LogP contribution in [-0.2, 0) is 4.79 Å². The van der Waals surface area contributed by atoms with Gasteiger partial charge in [-0.15, -0.1) is 0 Å². The maximum absolute atomic E-state index is 11.9. The molecule has 3 amide bonds. The van der Waals surface area contributed by atoms with Crippen LogP contribution in [0.15, 0.2) is 24.3 Å². The lowest BCUT2D eigenvalue weighted by molar-refractivity contribution is -0.130. The van der Waals surface area contributed by atoms with Crippen LogP contribution >= 0.6 is 0 Å². The quantitative estimate of drug-likeness (QED) is 0.681. The highest BCUT2D eigenvalue weighted by molar-refractivity contribution is 5.75. The minimum Gasteiger partial charge on any atom is -0.492 e. The van der Waals surface area contributed by atoms with Gasteiger partial charge in [-0.3, -0.25) is 4.79 Å². The molecule has 6 nitrogen and oxygen atoms in total. The third-order valence-electron chi connectivity index (χ3n) is 3.26. The fraction of sp³-hybridized carbons (Fsp3) is 0.500. The van der Waals surface area contributed by atoms with Crippen molar-refractivity contribution in [3.63, 3.8) is 0 Å². The number of carbonyl (C=O) groups is 2. The van der Waals surface area contributed by atoms with E-state index in [0.29, 0.717) is 26.1 Å². The lowest BCUT2D eigenvalue weighted by atomic mass is 10.2. The van der Waals surface area contributed by atoms with E-state index in [2.05, 4.69) is 5.32 Å². The molecule has 0 bridgehead atoms. The van der Waals surface area contributed by atoms with E-state index in [1.54, 1.807) is 11.9 Å². The smallest absolute Gasteiger partial charge is 0.312 e. The fourth-order valence-corrected chi connectivity index (χ4v) is 1.86. The molecule has 3 N–H and O–H groups in total. The van der Waals surface area contributed by atoms with Crippen LogP contribution < -0.4 is 15.8 Å². The normalized spacial score (nSPS) is 10.1. The third-order valence-corrected chi connectivity index (χ3v) is 3.26. The molecule has 0 spiro atoms. The van der Waals surface area contributed by atoms with Crippen molar-refractivity contribution in [1.82, 2.24) is 10.2 Å². The summed E-state index contributed by atoms with van der Waals surface area (Å²) in [6, 6.07) is 7.29. The van der Waals surface area contributed by atoms with Crippen molar-refractivity contribution in [2.75, 3.05) is 26.7 Å². The van der Waals surface area contributed by atoms with Crippen LogP contribution in [0.4, 0.5) is 4.79 Å². The first-order valence-corrected chi connectivity index (χ1v) is 7.46. The maximum Gasteiger partial charge on any atom is 0.312 e. The predicted octanol–water partition coefficient (Wildman–Crippen LogP) is 1.67. The van der Waals surface area contributed by atoms with Gasteiger partial charge in [0.25, 0.3) is 0 Å². The van der Waals surface area contributed by atoms with Crippen LogP contribution in [0.1, 0.15) is 24.8 Å². The summed E-state index contributed by atoms with van der Waals surface area (Å²) in [4.78, 5) is 24.0. The number of amides is 3. The van der Waals surface area contributed by atoms with E-state index in [9.17, 15) is 9.59 Å². The first-order valence-electron chi connectivity index (χ1n) is 7.46. The molecule has 1 aromatic carbocycles. The van der Waals surface area contributed by atoms with Crippen molar-refractivity contribution < 1.29 is 14.3 Å². The Kier molecular flexibility index (Phi) is 7.81. The van der Waals surface area contributed by atoms with Crippen molar-refractivity contribution in [2.45, 2.75) is 26.2 Å². The molecule has 0 aliphatic heterocycles. The summed E-state index contributed by atoms with van der Waals surface area (Å²) in [6.07, 6.45) is 1.92. The van der Waals surface area contributed by atoms with Gasteiger partial charge in [-0.05, 0) is 31.9 Å². The number of unbranched alkanes of at least 4 members (excludes halogenated alkanes) is 1. The number of hydrogen-bond donors (Lipinski definition) is 2. The molecule has 0 aliphatic carbocycles. The maximum atomic E-state index is 11.9. The molecule has 1 aromatic rings. The molecule has 6 heteroatoms. The second-order valence-electron chi connectivity index (χ2n) is 5.22. The molecule has 0 radical (unpaired) electrons. The molecule has 1 rings (SSSR count). The number of urea groups is 1. The number of benzene rings is 1. The second-order valence-corrected chi connectivity index (χ2v) is 5.22. The Hall–Kier alpha value is -2.24. The minimum absolute atomic E-state index is 0.0755. The summed E-state index contributed by atoms with van der Waals surface area (Å²) in [5, 5.41) is 2.50. The summed E-state index contributed by atoms with van der Waals surface area (Å²) < 4.78 is 5.60. The molecule has 0 saturated carbocycles. The summed E-state index contributed by atoms with van der Waals surface area (Å²) in [6.45, 7) is 3.54. The van der Waals surface area contributed by atoms with E-state index in [4.69, 9.17) is 10.5 Å². The zero-order valence-electron chi connectivity index (χ0n) is 13.3. The van der Waals surface area contributed by atoms with Gasteiger partial charge in [0.2, 0.25) is 5.91 Å². The van der Waals surface area contributed by atoms with E-state index in [-0.39, 0.29) is 5.91 Å². The number of rotatable bonds is 9. The average Bonchev–Trinajstić information content (AvgIpc) is 2.48. The standard InChI is InChI=1S/C16H25N3O3/c1-13-6-8-14(9-7-13)22-12-11-19(2)15(20)5-3-4-10-18-16(17)21/h6-9H,3-5,10-12H2,1-2H3,(H3,17,18,21). The lowest BCUT2D eigenvalue weighted by Crippen LogP contribution is -2.31. The van der Waals surface area contributed by atoms with Crippen molar-refractivity contribution in [3.05, 3.63) is 29.8 Å². The van der Waals surface area contributed by atoms with Gasteiger partial charge in [0.15, 0.2) is 0 Å². The largest absolute Gasteiger partial charge is 0.492 e. The van der Waals surface area contributed by atoms with Gasteiger partial charge in [-0.1, -0.05) is 17.7 Å². The number of nitrogens with two attached hydrogens (primary N) is 1. The zero-order valence-corrected chi connectivity index (χ0v) is 13.3. The number of aryl methyl sites for hydroxylation is 1. The van der Waals surface area contributed by atoms with E-state index in [1.807, 2.05) is 31.2 Å². The first kappa shape index (κ1) is 17.8. The van der Waals surface area contributed by atoms with Gasteiger partial charge in [-0.25, -0.2) is 4.79 Å². The van der Waals surface area contributed by atoms with Gasteiger partial charge in [-0.2, -0.15) is 0 Å². The van der Waals surface area contributed by atoms with Crippen molar-refractivity contribution in [2.24, 2.45) is 5.73 Å². The highest BCUT2D eigenvalue weighted by atomic mass is 16.5. The Morgan fingerprint density at radius 1 is 1.23 bits per heavy atom.